The summed E-state index contributed by atoms with van der Waals surface area (Å²) >= 11 is 0. The van der Waals surface area contributed by atoms with E-state index in [1.807, 2.05) is 0 Å². The highest BCUT2D eigenvalue weighted by atomic mass is 19.1. The Kier molecular flexibility index (Phi) is 12.4. The van der Waals surface area contributed by atoms with E-state index in [4.69, 9.17) is 1.37 Å². The van der Waals surface area contributed by atoms with Gasteiger partial charge < -0.3 is 10.2 Å². The normalized spacial score (nSPS) is 13.7. The van der Waals surface area contributed by atoms with Crippen molar-refractivity contribution < 1.29 is 5.76 Å². The third kappa shape index (κ3) is 10.1. The second-order valence-electron chi connectivity index (χ2n) is 11.1. The molecule has 3 aromatic carbocycles. The lowest BCUT2D eigenvalue weighted by Gasteiger charge is -2.29. The van der Waals surface area contributed by atoms with Crippen LogP contribution in [-0.4, -0.2) is 7.15 Å². The van der Waals surface area contributed by atoms with E-state index < -0.39 is 7.15 Å². The standard InChI is InChI=1S/C24H27N.C15H17N.CH3F/c1-18-11-13-22(20(3)15-18)17-25(23-9-7-5-6-8-10-23)24-14-12-19(2)16-21(24)4;1-12-9-10-15(13(2)11-12)16-14-7-5-3-4-6-8-14;1-2/h5-9,11-16H,10,17H2,1-4H3;3-7,9-11,16H,8H2,1-2H3;1H3/i;;1D. The highest BCUT2D eigenvalue weighted by Gasteiger charge is 2.16. The van der Waals surface area contributed by atoms with Gasteiger partial charge in [-0.15, -0.1) is 0 Å². The number of hydrogen-bond acceptors (Lipinski definition) is 2. The summed E-state index contributed by atoms with van der Waals surface area (Å²) in [6, 6.07) is 20.0. The Balaban J connectivity index is 0.000000239. The van der Waals surface area contributed by atoms with Crippen molar-refractivity contribution in [3.05, 3.63) is 166 Å². The lowest BCUT2D eigenvalue weighted by Crippen LogP contribution is -2.23. The van der Waals surface area contributed by atoms with Gasteiger partial charge in [-0.3, -0.25) is 4.39 Å². The number of nitrogens with one attached hydrogen (secondary N) is 1. The Morgan fingerprint density at radius 3 is 1.91 bits per heavy atom. The van der Waals surface area contributed by atoms with Crippen LogP contribution in [0.2, 0.25) is 0 Å². The number of nitrogens with zero attached hydrogens (tertiary/aromatic N) is 1. The molecule has 3 aromatic rings. The van der Waals surface area contributed by atoms with Crippen LogP contribution in [0.15, 0.2) is 127 Å². The fourth-order valence-electron chi connectivity index (χ4n) is 5.21. The number of anilines is 2. The van der Waals surface area contributed by atoms with Crippen LogP contribution in [0.1, 0.15) is 53.2 Å². The molecular formula is C40H47FN2. The zero-order chi connectivity index (χ0) is 31.9. The van der Waals surface area contributed by atoms with Gasteiger partial charge in [0, 0.05) is 42.2 Å². The molecule has 0 atom stereocenters. The van der Waals surface area contributed by atoms with Gasteiger partial charge in [-0.05, 0) is 88.1 Å². The van der Waals surface area contributed by atoms with Crippen LogP contribution in [0.25, 0.3) is 0 Å². The van der Waals surface area contributed by atoms with E-state index in [-0.39, 0.29) is 0 Å². The second kappa shape index (κ2) is 16.9. The molecule has 1 N–H and O–H groups in total. The lowest BCUT2D eigenvalue weighted by molar-refractivity contribution is 0.636. The number of benzene rings is 3. The number of halogens is 1. The van der Waals surface area contributed by atoms with Gasteiger partial charge >= 0.3 is 0 Å². The van der Waals surface area contributed by atoms with E-state index in [1.54, 1.807) is 0 Å². The van der Waals surface area contributed by atoms with Crippen molar-refractivity contribution in [3.8, 4) is 0 Å². The van der Waals surface area contributed by atoms with E-state index in [0.717, 1.165) is 19.4 Å². The maximum atomic E-state index is 9.96. The van der Waals surface area contributed by atoms with Crippen LogP contribution in [0.3, 0.4) is 0 Å². The SMILES string of the molecule is Cc1ccc(CN(C2=CC=CC=CC2)c2ccc(C)cc2C)c(C)c1.Cc1ccc(NC2=CC=CC=CC2)c(C)c1.[2H]CF. The van der Waals surface area contributed by atoms with Crippen LogP contribution in [0.4, 0.5) is 15.8 Å². The molecule has 2 aliphatic carbocycles. The van der Waals surface area contributed by atoms with E-state index in [9.17, 15) is 4.39 Å². The molecule has 0 saturated heterocycles. The molecule has 0 spiro atoms. The van der Waals surface area contributed by atoms with Gasteiger partial charge in [0.25, 0.3) is 0 Å². The molecule has 3 heteroatoms. The van der Waals surface area contributed by atoms with Crippen LogP contribution < -0.4 is 10.2 Å². The van der Waals surface area contributed by atoms with Gasteiger partial charge in [0.15, 0.2) is 0 Å². The maximum absolute atomic E-state index is 9.96. The monoisotopic (exact) mass is 575 g/mol. The van der Waals surface area contributed by atoms with Crippen LogP contribution in [-0.2, 0) is 6.54 Å². The minimum absolute atomic E-state index is 0.892. The summed E-state index contributed by atoms with van der Waals surface area (Å²) < 4.78 is 15.5. The molecule has 0 heterocycles. The summed E-state index contributed by atoms with van der Waals surface area (Å²) in [6.07, 6.45) is 23.2. The molecule has 224 valence electrons. The largest absolute Gasteiger partial charge is 0.358 e. The van der Waals surface area contributed by atoms with E-state index >= 15 is 0 Å². The highest BCUT2D eigenvalue weighted by Crippen LogP contribution is 2.30. The Bertz CT molecular complexity index is 1570. The zero-order valence-corrected chi connectivity index (χ0v) is 26.6. The van der Waals surface area contributed by atoms with Crippen molar-refractivity contribution >= 4 is 11.4 Å². The van der Waals surface area contributed by atoms with Crippen molar-refractivity contribution in [1.29, 1.82) is 0 Å². The second-order valence-corrected chi connectivity index (χ2v) is 11.1. The third-order valence-electron chi connectivity index (χ3n) is 7.46. The number of aryl methyl sites for hydroxylation is 6. The fourth-order valence-corrected chi connectivity index (χ4v) is 5.21. The highest BCUT2D eigenvalue weighted by molar-refractivity contribution is 5.60. The van der Waals surface area contributed by atoms with E-state index in [2.05, 4.69) is 167 Å². The number of allylic oxidation sites excluding steroid dienone is 10. The minimum atomic E-state index is -1.00. The molecule has 2 nitrogen and oxygen atoms in total. The molecule has 0 bridgehead atoms. The fraction of sp³-hybridized carbons (Fsp3) is 0.250. The summed E-state index contributed by atoms with van der Waals surface area (Å²) in [7, 11) is -1.00. The molecule has 0 saturated carbocycles. The predicted octanol–water partition coefficient (Wildman–Crippen LogP) is 11.0. The Labute approximate surface area is 260 Å². The average Bonchev–Trinajstić information content (AvgIpc) is 3.41. The molecular weight excluding hydrogens is 527 g/mol. The molecule has 2 aliphatic rings. The lowest BCUT2D eigenvalue weighted by atomic mass is 10.0. The summed E-state index contributed by atoms with van der Waals surface area (Å²) in [5, 5.41) is 3.47. The maximum Gasteiger partial charge on any atom is 0.0785 e. The first-order valence-electron chi connectivity index (χ1n) is 15.6. The summed E-state index contributed by atoms with van der Waals surface area (Å²) in [5.41, 5.74) is 14.3. The molecule has 0 aromatic heterocycles. The van der Waals surface area contributed by atoms with E-state index in [0.29, 0.717) is 0 Å². The smallest absolute Gasteiger partial charge is 0.0785 e. The topological polar surface area (TPSA) is 15.3 Å². The van der Waals surface area contributed by atoms with Crippen molar-refractivity contribution in [2.75, 3.05) is 17.4 Å². The number of hydrogen-bond donors (Lipinski definition) is 1. The van der Waals surface area contributed by atoms with Crippen LogP contribution >= 0.6 is 0 Å². The first-order chi connectivity index (χ1) is 21.2. The van der Waals surface area contributed by atoms with Gasteiger partial charge in [0.2, 0.25) is 0 Å². The Hall–Kier alpha value is -4.37. The van der Waals surface area contributed by atoms with Gasteiger partial charge in [-0.1, -0.05) is 108 Å². The molecule has 0 radical (unpaired) electrons. The minimum Gasteiger partial charge on any atom is -0.358 e. The molecule has 0 unspecified atom stereocenters. The van der Waals surface area contributed by atoms with Gasteiger partial charge in [-0.2, -0.15) is 0 Å². The van der Waals surface area contributed by atoms with Crippen molar-refractivity contribution in [3.63, 3.8) is 0 Å². The first kappa shape index (κ1) is 31.6. The van der Waals surface area contributed by atoms with Gasteiger partial charge in [0.05, 0.1) is 8.52 Å². The molecule has 0 amide bonds. The number of rotatable bonds is 6. The third-order valence-corrected chi connectivity index (χ3v) is 7.46. The molecule has 43 heavy (non-hydrogen) atoms. The average molecular weight is 576 g/mol. The summed E-state index contributed by atoms with van der Waals surface area (Å²) in [4.78, 5) is 2.46. The van der Waals surface area contributed by atoms with E-state index in [1.165, 1.54) is 61.7 Å². The molecule has 0 aliphatic heterocycles. The Morgan fingerprint density at radius 1 is 0.674 bits per heavy atom. The quantitative estimate of drug-likeness (QED) is 0.314. The van der Waals surface area contributed by atoms with Gasteiger partial charge in [0.1, 0.15) is 0 Å². The van der Waals surface area contributed by atoms with Crippen molar-refractivity contribution in [2.45, 2.75) is 60.9 Å². The zero-order valence-electron chi connectivity index (χ0n) is 27.6. The number of alkyl halides is 1. The molecule has 0 fully saturated rings. The Morgan fingerprint density at radius 2 is 1.26 bits per heavy atom. The van der Waals surface area contributed by atoms with Crippen LogP contribution in [0.5, 0.6) is 0 Å². The van der Waals surface area contributed by atoms with Crippen LogP contribution in [0, 0.1) is 41.5 Å². The first-order valence-corrected chi connectivity index (χ1v) is 14.9. The predicted molar refractivity (Wildman–Crippen MR) is 187 cm³/mol. The molecule has 5 rings (SSSR count). The summed E-state index contributed by atoms with van der Waals surface area (Å²) in [6.45, 7) is 13.9. The van der Waals surface area contributed by atoms with Gasteiger partial charge in [-0.25, -0.2) is 0 Å². The van der Waals surface area contributed by atoms with Crippen molar-refractivity contribution in [1.82, 2.24) is 0 Å². The summed E-state index contributed by atoms with van der Waals surface area (Å²) in [5.74, 6) is 0. The van der Waals surface area contributed by atoms with Crippen molar-refractivity contribution in [2.24, 2.45) is 0 Å².